The summed E-state index contributed by atoms with van der Waals surface area (Å²) in [4.78, 5) is 9.91. The number of nitrogens with zero attached hydrogens (tertiary/aromatic N) is 3. The maximum absolute atomic E-state index is 6.33. The minimum Gasteiger partial charge on any atom is -0.490 e. The van der Waals surface area contributed by atoms with Crippen LogP contribution in [-0.2, 0) is 11.3 Å². The molecular formula is C21H29N3O2S. The molecule has 27 heavy (non-hydrogen) atoms. The van der Waals surface area contributed by atoms with E-state index in [1.165, 1.54) is 42.1 Å². The molecule has 5 rings (SSSR count). The first-order valence-corrected chi connectivity index (χ1v) is 11.3. The lowest BCUT2D eigenvalue weighted by molar-refractivity contribution is 0.0342. The Hall–Kier alpha value is -1.21. The van der Waals surface area contributed by atoms with Gasteiger partial charge < -0.3 is 14.4 Å². The van der Waals surface area contributed by atoms with Crippen molar-refractivity contribution < 1.29 is 9.47 Å². The third kappa shape index (κ3) is 4.14. The molecule has 1 saturated carbocycles. The Morgan fingerprint density at radius 2 is 1.89 bits per heavy atom. The van der Waals surface area contributed by atoms with Crippen LogP contribution in [0, 0.1) is 0 Å². The number of fused-ring (bicyclic) bond motifs is 1. The maximum atomic E-state index is 6.33. The average Bonchev–Trinajstić information content (AvgIpc) is 3.04. The molecule has 5 nitrogen and oxygen atoms in total. The van der Waals surface area contributed by atoms with E-state index >= 15 is 0 Å². The Kier molecular flexibility index (Phi) is 5.31. The van der Waals surface area contributed by atoms with Crippen molar-refractivity contribution >= 4 is 21.6 Å². The highest BCUT2D eigenvalue weighted by molar-refractivity contribution is 7.18. The monoisotopic (exact) mass is 387 g/mol. The van der Waals surface area contributed by atoms with E-state index < -0.39 is 0 Å². The number of likely N-dealkylation sites (tertiary alicyclic amines) is 1. The Morgan fingerprint density at radius 3 is 2.63 bits per heavy atom. The van der Waals surface area contributed by atoms with Gasteiger partial charge in [0.05, 0.1) is 30.0 Å². The number of morpholine rings is 1. The summed E-state index contributed by atoms with van der Waals surface area (Å²) in [5, 5.41) is 1.19. The van der Waals surface area contributed by atoms with Crippen molar-refractivity contribution in [1.29, 1.82) is 0 Å². The molecule has 0 spiro atoms. The molecule has 3 aliphatic rings. The molecule has 0 N–H and O–H groups in total. The summed E-state index contributed by atoms with van der Waals surface area (Å²) in [6.07, 6.45) is 6.89. The molecule has 0 unspecified atom stereocenters. The fourth-order valence-corrected chi connectivity index (χ4v) is 5.39. The molecule has 2 aromatic rings. The first-order valence-electron chi connectivity index (χ1n) is 10.4. The van der Waals surface area contributed by atoms with Crippen LogP contribution in [0.15, 0.2) is 18.2 Å². The van der Waals surface area contributed by atoms with Gasteiger partial charge in [0.25, 0.3) is 0 Å². The number of aromatic nitrogens is 1. The molecule has 1 aliphatic carbocycles. The lowest BCUT2D eigenvalue weighted by Gasteiger charge is -2.41. The quantitative estimate of drug-likeness (QED) is 0.785. The first-order chi connectivity index (χ1) is 13.3. The number of hydrogen-bond donors (Lipinski definition) is 0. The highest BCUT2D eigenvalue weighted by Gasteiger charge is 2.29. The molecule has 2 aliphatic heterocycles. The second-order valence-electron chi connectivity index (χ2n) is 8.06. The molecule has 1 aromatic carbocycles. The van der Waals surface area contributed by atoms with Crippen LogP contribution in [-0.4, -0.2) is 66.3 Å². The van der Waals surface area contributed by atoms with E-state index in [9.17, 15) is 0 Å². The summed E-state index contributed by atoms with van der Waals surface area (Å²) in [5.74, 6) is 1.01. The van der Waals surface area contributed by atoms with Gasteiger partial charge in [-0.15, -0.1) is 11.3 Å². The summed E-state index contributed by atoms with van der Waals surface area (Å²) in [7, 11) is 0. The number of piperidine rings is 1. The summed E-state index contributed by atoms with van der Waals surface area (Å²) in [5.41, 5.74) is 1.09. The van der Waals surface area contributed by atoms with Crippen molar-refractivity contribution in [3.8, 4) is 5.75 Å². The van der Waals surface area contributed by atoms with E-state index in [2.05, 4.69) is 28.0 Å². The number of benzene rings is 1. The number of ether oxygens (including phenoxy) is 2. The lowest BCUT2D eigenvalue weighted by atomic mass is 9.90. The van der Waals surface area contributed by atoms with Crippen LogP contribution in [0.2, 0.25) is 0 Å². The smallest absolute Gasteiger partial charge is 0.121 e. The van der Waals surface area contributed by atoms with Crippen LogP contribution in [0.5, 0.6) is 5.75 Å². The first kappa shape index (κ1) is 17.9. The predicted molar refractivity (Wildman–Crippen MR) is 109 cm³/mol. The van der Waals surface area contributed by atoms with Crippen molar-refractivity contribution in [3.05, 3.63) is 23.2 Å². The normalized spacial score (nSPS) is 23.6. The minimum absolute atomic E-state index is 0.361. The third-order valence-electron chi connectivity index (χ3n) is 6.24. The van der Waals surface area contributed by atoms with Crippen molar-refractivity contribution in [3.63, 3.8) is 0 Å². The molecule has 3 heterocycles. The molecule has 0 atom stereocenters. The lowest BCUT2D eigenvalue weighted by Crippen LogP contribution is -2.46. The van der Waals surface area contributed by atoms with Crippen molar-refractivity contribution in [2.45, 2.75) is 50.8 Å². The Morgan fingerprint density at radius 1 is 1.07 bits per heavy atom. The average molecular weight is 388 g/mol. The fourth-order valence-electron chi connectivity index (χ4n) is 4.35. The molecule has 6 heteroatoms. The highest BCUT2D eigenvalue weighted by Crippen LogP contribution is 2.31. The zero-order valence-electron chi connectivity index (χ0n) is 15.9. The van der Waals surface area contributed by atoms with Crippen LogP contribution in [0.25, 0.3) is 10.2 Å². The summed E-state index contributed by atoms with van der Waals surface area (Å²) < 4.78 is 13.0. The zero-order chi connectivity index (χ0) is 18.1. The molecule has 2 saturated heterocycles. The zero-order valence-corrected chi connectivity index (χ0v) is 16.8. The third-order valence-corrected chi connectivity index (χ3v) is 7.24. The molecule has 0 bridgehead atoms. The van der Waals surface area contributed by atoms with Gasteiger partial charge in [-0.2, -0.15) is 0 Å². The van der Waals surface area contributed by atoms with E-state index in [1.807, 2.05) is 0 Å². The van der Waals surface area contributed by atoms with Crippen LogP contribution >= 0.6 is 11.3 Å². The molecule has 0 radical (unpaired) electrons. The van der Waals surface area contributed by atoms with Gasteiger partial charge in [0.2, 0.25) is 0 Å². The van der Waals surface area contributed by atoms with E-state index in [4.69, 9.17) is 14.5 Å². The van der Waals surface area contributed by atoms with Gasteiger partial charge in [0.15, 0.2) is 0 Å². The second kappa shape index (κ2) is 8.03. The van der Waals surface area contributed by atoms with Crippen LogP contribution in [0.3, 0.4) is 0 Å². The van der Waals surface area contributed by atoms with Gasteiger partial charge in [-0.1, -0.05) is 6.42 Å². The maximum Gasteiger partial charge on any atom is 0.121 e. The SMILES string of the molecule is c1cc2nc(CN3CCOCC3)sc2cc1OC1CCN(C2CCC2)CC1. The fraction of sp³-hybridized carbons (Fsp3) is 0.667. The Labute approximate surface area is 165 Å². The molecule has 0 amide bonds. The highest BCUT2D eigenvalue weighted by atomic mass is 32.1. The molecule has 3 fully saturated rings. The van der Waals surface area contributed by atoms with Crippen molar-refractivity contribution in [2.75, 3.05) is 39.4 Å². The van der Waals surface area contributed by atoms with E-state index in [1.54, 1.807) is 11.3 Å². The van der Waals surface area contributed by atoms with Crippen molar-refractivity contribution in [1.82, 2.24) is 14.8 Å². The molecule has 146 valence electrons. The predicted octanol–water partition coefficient (Wildman–Crippen LogP) is 3.52. The van der Waals surface area contributed by atoms with Gasteiger partial charge in [-0.05, 0) is 43.9 Å². The number of rotatable bonds is 5. The van der Waals surface area contributed by atoms with Crippen LogP contribution in [0.4, 0.5) is 0 Å². The van der Waals surface area contributed by atoms with Crippen molar-refractivity contribution in [2.24, 2.45) is 0 Å². The number of hydrogen-bond acceptors (Lipinski definition) is 6. The Balaban J connectivity index is 1.19. The topological polar surface area (TPSA) is 37.8 Å². The van der Waals surface area contributed by atoms with Crippen LogP contribution in [0.1, 0.15) is 37.1 Å². The van der Waals surface area contributed by atoms with Gasteiger partial charge in [-0.3, -0.25) is 4.90 Å². The van der Waals surface area contributed by atoms with Gasteiger partial charge in [-0.25, -0.2) is 4.98 Å². The molecule has 1 aromatic heterocycles. The summed E-state index contributed by atoms with van der Waals surface area (Å²) >= 11 is 1.80. The van der Waals surface area contributed by atoms with E-state index in [-0.39, 0.29) is 0 Å². The summed E-state index contributed by atoms with van der Waals surface area (Å²) in [6, 6.07) is 7.27. The standard InChI is InChI=1S/C21H29N3O2S/c1-2-16(3-1)24-8-6-17(7-9-24)26-18-4-5-19-20(14-18)27-21(22-19)15-23-10-12-25-13-11-23/h4-5,14,16-17H,1-3,6-13,15H2. The second-order valence-corrected chi connectivity index (χ2v) is 9.18. The molecular weight excluding hydrogens is 358 g/mol. The largest absolute Gasteiger partial charge is 0.490 e. The van der Waals surface area contributed by atoms with Gasteiger partial charge in [0, 0.05) is 32.2 Å². The van der Waals surface area contributed by atoms with E-state index in [0.717, 1.165) is 63.0 Å². The minimum atomic E-state index is 0.361. The Bertz CT molecular complexity index is 762. The van der Waals surface area contributed by atoms with Gasteiger partial charge >= 0.3 is 0 Å². The van der Waals surface area contributed by atoms with Crippen LogP contribution < -0.4 is 4.74 Å². The van der Waals surface area contributed by atoms with E-state index in [0.29, 0.717) is 6.10 Å². The summed E-state index contributed by atoms with van der Waals surface area (Å²) in [6.45, 7) is 7.00. The number of thiazole rings is 1. The van der Waals surface area contributed by atoms with Gasteiger partial charge in [0.1, 0.15) is 16.9 Å².